The predicted molar refractivity (Wildman–Crippen MR) is 51.4 cm³/mol. The van der Waals surface area contributed by atoms with Gasteiger partial charge >= 0.3 is 0 Å². The summed E-state index contributed by atoms with van der Waals surface area (Å²) in [6.45, 7) is 0.717. The number of hydrogen-bond donors (Lipinski definition) is 2. The van der Waals surface area contributed by atoms with E-state index in [0.717, 1.165) is 0 Å². The van der Waals surface area contributed by atoms with Crippen LogP contribution in [0.3, 0.4) is 0 Å². The molecule has 82 valence electrons. The summed E-state index contributed by atoms with van der Waals surface area (Å²) in [4.78, 5) is 0. The molecule has 1 aromatic rings. The fourth-order valence-corrected chi connectivity index (χ4v) is 1.54. The molecule has 0 saturated carbocycles. The van der Waals surface area contributed by atoms with Gasteiger partial charge in [0.1, 0.15) is 19.0 Å². The number of halogens is 1. The van der Waals surface area contributed by atoms with Crippen LogP contribution in [0, 0.1) is 5.82 Å². The van der Waals surface area contributed by atoms with E-state index in [1.807, 2.05) is 0 Å². The number of fused-ring (bicyclic) bond motifs is 1. The van der Waals surface area contributed by atoms with Gasteiger partial charge in [-0.1, -0.05) is 0 Å². The van der Waals surface area contributed by atoms with Gasteiger partial charge in [0, 0.05) is 6.54 Å². The van der Waals surface area contributed by atoms with Crippen molar-refractivity contribution in [2.45, 2.75) is 6.10 Å². The molecule has 0 radical (unpaired) electrons. The maximum Gasteiger partial charge on any atom is 0.170 e. The molecule has 1 atom stereocenters. The van der Waals surface area contributed by atoms with Crippen LogP contribution >= 0.6 is 0 Å². The van der Waals surface area contributed by atoms with Gasteiger partial charge in [-0.2, -0.15) is 0 Å². The molecule has 0 bridgehead atoms. The highest BCUT2D eigenvalue weighted by atomic mass is 19.1. The molecule has 1 heterocycles. The molecule has 0 spiro atoms. The van der Waals surface area contributed by atoms with Crippen LogP contribution in [0.5, 0.6) is 11.5 Å². The molecule has 1 aromatic carbocycles. The number of aliphatic hydroxyl groups excluding tert-OH is 1. The van der Waals surface area contributed by atoms with E-state index >= 15 is 0 Å². The fraction of sp³-hybridized carbons (Fsp3) is 0.400. The van der Waals surface area contributed by atoms with Crippen LogP contribution in [0.25, 0.3) is 0 Å². The first-order valence-corrected chi connectivity index (χ1v) is 4.70. The van der Waals surface area contributed by atoms with Crippen molar-refractivity contribution in [2.24, 2.45) is 5.73 Å². The maximum atomic E-state index is 13.5. The Morgan fingerprint density at radius 3 is 2.87 bits per heavy atom. The zero-order chi connectivity index (χ0) is 10.8. The lowest BCUT2D eigenvalue weighted by Crippen LogP contribution is -2.20. The fourth-order valence-electron chi connectivity index (χ4n) is 1.54. The Kier molecular flexibility index (Phi) is 2.75. The van der Waals surface area contributed by atoms with Crippen molar-refractivity contribution in [1.29, 1.82) is 0 Å². The highest BCUT2D eigenvalue weighted by molar-refractivity contribution is 5.49. The predicted octanol–water partition coefficient (Wildman–Crippen LogP) is 0.589. The minimum absolute atomic E-state index is 0.0588. The van der Waals surface area contributed by atoms with Crippen molar-refractivity contribution in [1.82, 2.24) is 0 Å². The van der Waals surface area contributed by atoms with Gasteiger partial charge in [0.05, 0.1) is 11.7 Å². The normalized spacial score (nSPS) is 16.2. The Balaban J connectivity index is 2.50. The van der Waals surface area contributed by atoms with Crippen molar-refractivity contribution in [3.05, 3.63) is 23.5 Å². The third-order valence-electron chi connectivity index (χ3n) is 2.25. The lowest BCUT2D eigenvalue weighted by Gasteiger charge is -2.23. The topological polar surface area (TPSA) is 64.7 Å². The zero-order valence-electron chi connectivity index (χ0n) is 8.07. The van der Waals surface area contributed by atoms with Crippen LogP contribution in [0.2, 0.25) is 0 Å². The van der Waals surface area contributed by atoms with Gasteiger partial charge in [-0.3, -0.25) is 0 Å². The summed E-state index contributed by atoms with van der Waals surface area (Å²) in [5, 5.41) is 9.57. The summed E-state index contributed by atoms with van der Waals surface area (Å²) in [7, 11) is 0. The number of nitrogens with two attached hydrogens (primary N) is 1. The van der Waals surface area contributed by atoms with Crippen molar-refractivity contribution in [2.75, 3.05) is 19.8 Å². The molecule has 1 aliphatic rings. The lowest BCUT2D eigenvalue weighted by molar-refractivity contribution is 0.145. The largest absolute Gasteiger partial charge is 0.486 e. The van der Waals surface area contributed by atoms with E-state index in [2.05, 4.69) is 0 Å². The maximum absolute atomic E-state index is 13.5. The molecule has 2 rings (SSSR count). The minimum atomic E-state index is -1.07. The van der Waals surface area contributed by atoms with Gasteiger partial charge in [-0.15, -0.1) is 0 Å². The van der Waals surface area contributed by atoms with Crippen LogP contribution in [-0.2, 0) is 0 Å². The second-order valence-corrected chi connectivity index (χ2v) is 3.24. The molecular formula is C10H12FNO3. The Labute approximate surface area is 86.4 Å². The average Bonchev–Trinajstić information content (AvgIpc) is 2.28. The molecule has 0 aromatic heterocycles. The van der Waals surface area contributed by atoms with Gasteiger partial charge in [0.15, 0.2) is 11.5 Å². The second kappa shape index (κ2) is 4.04. The summed E-state index contributed by atoms with van der Waals surface area (Å²) in [5.74, 6) is 0.182. The summed E-state index contributed by atoms with van der Waals surface area (Å²) in [6.07, 6.45) is -1.07. The molecule has 4 nitrogen and oxygen atoms in total. The Bertz CT molecular complexity index is 370. The van der Waals surface area contributed by atoms with Gasteiger partial charge in [0.2, 0.25) is 0 Å². The van der Waals surface area contributed by atoms with Gasteiger partial charge in [0.25, 0.3) is 0 Å². The molecule has 1 unspecified atom stereocenters. The van der Waals surface area contributed by atoms with Crippen molar-refractivity contribution < 1.29 is 19.0 Å². The minimum Gasteiger partial charge on any atom is -0.486 e. The Morgan fingerprint density at radius 1 is 1.40 bits per heavy atom. The number of rotatable bonds is 2. The molecule has 5 heteroatoms. The third kappa shape index (κ3) is 1.75. The Hall–Kier alpha value is -1.33. The second-order valence-electron chi connectivity index (χ2n) is 3.24. The number of hydrogen-bond acceptors (Lipinski definition) is 4. The summed E-state index contributed by atoms with van der Waals surface area (Å²) < 4.78 is 24.0. The van der Waals surface area contributed by atoms with E-state index < -0.39 is 11.9 Å². The van der Waals surface area contributed by atoms with Crippen LogP contribution in [-0.4, -0.2) is 24.9 Å². The van der Waals surface area contributed by atoms with E-state index in [1.165, 1.54) is 12.1 Å². The first kappa shape index (κ1) is 10.2. The number of benzene rings is 1. The summed E-state index contributed by atoms with van der Waals surface area (Å²) in [5.41, 5.74) is 5.37. The van der Waals surface area contributed by atoms with E-state index in [-0.39, 0.29) is 17.9 Å². The molecule has 15 heavy (non-hydrogen) atoms. The highest BCUT2D eigenvalue weighted by Gasteiger charge is 2.23. The number of aliphatic hydroxyl groups is 1. The van der Waals surface area contributed by atoms with Crippen LogP contribution in [0.1, 0.15) is 11.7 Å². The molecular weight excluding hydrogens is 201 g/mol. The molecule has 3 N–H and O–H groups in total. The highest BCUT2D eigenvalue weighted by Crippen LogP contribution is 2.38. The van der Waals surface area contributed by atoms with E-state index in [9.17, 15) is 9.50 Å². The standard InChI is InChI=1S/C10H12FNO3/c11-6-1-2-8-10(15-4-3-14-8)9(6)7(13)5-12/h1-2,7,13H,3-5,12H2. The molecule has 1 aliphatic heterocycles. The number of ether oxygens (including phenoxy) is 2. The Morgan fingerprint density at radius 2 is 2.13 bits per heavy atom. The first-order valence-electron chi connectivity index (χ1n) is 4.70. The van der Waals surface area contributed by atoms with Crippen LogP contribution in [0.4, 0.5) is 4.39 Å². The van der Waals surface area contributed by atoms with Crippen molar-refractivity contribution in [3.63, 3.8) is 0 Å². The smallest absolute Gasteiger partial charge is 0.170 e. The van der Waals surface area contributed by atoms with E-state index in [0.29, 0.717) is 19.0 Å². The SMILES string of the molecule is NCC(O)c1c(F)ccc2c1OCCO2. The summed E-state index contributed by atoms with van der Waals surface area (Å²) >= 11 is 0. The zero-order valence-corrected chi connectivity index (χ0v) is 8.07. The van der Waals surface area contributed by atoms with Gasteiger partial charge < -0.3 is 20.3 Å². The first-order chi connectivity index (χ1) is 7.24. The van der Waals surface area contributed by atoms with Crippen molar-refractivity contribution in [3.8, 4) is 11.5 Å². The monoisotopic (exact) mass is 213 g/mol. The molecule has 0 saturated heterocycles. The van der Waals surface area contributed by atoms with Crippen LogP contribution < -0.4 is 15.2 Å². The van der Waals surface area contributed by atoms with Crippen LogP contribution in [0.15, 0.2) is 12.1 Å². The molecule has 0 amide bonds. The molecule has 0 fully saturated rings. The van der Waals surface area contributed by atoms with Gasteiger partial charge in [-0.05, 0) is 12.1 Å². The van der Waals surface area contributed by atoms with E-state index in [4.69, 9.17) is 15.2 Å². The molecule has 0 aliphatic carbocycles. The quantitative estimate of drug-likeness (QED) is 0.754. The van der Waals surface area contributed by atoms with E-state index in [1.54, 1.807) is 0 Å². The third-order valence-corrected chi connectivity index (χ3v) is 2.25. The van der Waals surface area contributed by atoms with Crippen molar-refractivity contribution >= 4 is 0 Å². The van der Waals surface area contributed by atoms with Gasteiger partial charge in [-0.25, -0.2) is 4.39 Å². The average molecular weight is 213 g/mol. The summed E-state index contributed by atoms with van der Waals surface area (Å²) in [6, 6.07) is 2.72. The lowest BCUT2D eigenvalue weighted by atomic mass is 10.1.